The SMILES string of the molecule is O=C(NCc1ccco1)c1cc(F)cc(Br)c1. The zero-order valence-electron chi connectivity index (χ0n) is 8.74. The van der Waals surface area contributed by atoms with Crippen molar-refractivity contribution in [3.8, 4) is 0 Å². The smallest absolute Gasteiger partial charge is 0.251 e. The molecule has 0 aliphatic rings. The molecule has 2 aromatic rings. The fourth-order valence-electron chi connectivity index (χ4n) is 1.37. The predicted octanol–water partition coefficient (Wildman–Crippen LogP) is 3.11. The zero-order chi connectivity index (χ0) is 12.3. The van der Waals surface area contributed by atoms with E-state index in [0.29, 0.717) is 10.2 Å². The molecular formula is C12H9BrFNO2. The van der Waals surface area contributed by atoms with E-state index >= 15 is 0 Å². The lowest BCUT2D eigenvalue weighted by Gasteiger charge is -2.04. The fourth-order valence-corrected chi connectivity index (χ4v) is 1.83. The molecule has 1 aromatic heterocycles. The van der Waals surface area contributed by atoms with E-state index in [9.17, 15) is 9.18 Å². The molecule has 1 amide bonds. The van der Waals surface area contributed by atoms with E-state index in [4.69, 9.17) is 4.42 Å². The number of benzene rings is 1. The summed E-state index contributed by atoms with van der Waals surface area (Å²) < 4.78 is 18.7. The summed E-state index contributed by atoms with van der Waals surface area (Å²) in [5, 5.41) is 2.64. The molecule has 17 heavy (non-hydrogen) atoms. The summed E-state index contributed by atoms with van der Waals surface area (Å²) in [6.07, 6.45) is 1.53. The predicted molar refractivity (Wildman–Crippen MR) is 64.0 cm³/mol. The quantitative estimate of drug-likeness (QED) is 0.946. The number of hydrogen-bond donors (Lipinski definition) is 1. The van der Waals surface area contributed by atoms with Gasteiger partial charge in [0, 0.05) is 10.0 Å². The largest absolute Gasteiger partial charge is 0.467 e. The van der Waals surface area contributed by atoms with Crippen LogP contribution in [0.4, 0.5) is 4.39 Å². The number of nitrogens with one attached hydrogen (secondary N) is 1. The molecule has 0 saturated carbocycles. The summed E-state index contributed by atoms with van der Waals surface area (Å²) in [5.41, 5.74) is 0.267. The summed E-state index contributed by atoms with van der Waals surface area (Å²) >= 11 is 3.13. The van der Waals surface area contributed by atoms with Gasteiger partial charge in [0.2, 0.25) is 0 Å². The number of rotatable bonds is 3. The van der Waals surface area contributed by atoms with Gasteiger partial charge in [0.25, 0.3) is 5.91 Å². The normalized spacial score (nSPS) is 10.2. The van der Waals surface area contributed by atoms with Crippen LogP contribution in [0.3, 0.4) is 0 Å². The van der Waals surface area contributed by atoms with E-state index in [0.717, 1.165) is 0 Å². The highest BCUT2D eigenvalue weighted by molar-refractivity contribution is 9.10. The average Bonchev–Trinajstić information content (AvgIpc) is 2.77. The number of halogens is 2. The second-order valence-electron chi connectivity index (χ2n) is 3.42. The summed E-state index contributed by atoms with van der Waals surface area (Å²) in [4.78, 5) is 11.7. The Hall–Kier alpha value is -1.62. The highest BCUT2D eigenvalue weighted by Crippen LogP contribution is 2.14. The van der Waals surface area contributed by atoms with Crippen LogP contribution in [0.15, 0.2) is 45.5 Å². The monoisotopic (exact) mass is 297 g/mol. The van der Waals surface area contributed by atoms with Gasteiger partial charge in [-0.2, -0.15) is 0 Å². The van der Waals surface area contributed by atoms with Gasteiger partial charge in [-0.15, -0.1) is 0 Å². The third-order valence-corrected chi connectivity index (χ3v) is 2.59. The van der Waals surface area contributed by atoms with Crippen LogP contribution in [0, 0.1) is 5.82 Å². The third kappa shape index (κ3) is 3.17. The highest BCUT2D eigenvalue weighted by Gasteiger charge is 2.08. The van der Waals surface area contributed by atoms with Crippen molar-refractivity contribution in [2.75, 3.05) is 0 Å². The van der Waals surface area contributed by atoms with Crippen molar-refractivity contribution < 1.29 is 13.6 Å². The number of carbonyl (C=O) groups excluding carboxylic acids is 1. The third-order valence-electron chi connectivity index (χ3n) is 2.13. The molecule has 0 fully saturated rings. The molecule has 0 radical (unpaired) electrons. The van der Waals surface area contributed by atoms with Gasteiger partial charge in [-0.05, 0) is 30.3 Å². The van der Waals surface area contributed by atoms with E-state index in [2.05, 4.69) is 21.2 Å². The molecule has 0 spiro atoms. The van der Waals surface area contributed by atoms with Gasteiger partial charge in [0.15, 0.2) is 0 Å². The lowest BCUT2D eigenvalue weighted by atomic mass is 10.2. The maximum absolute atomic E-state index is 13.1. The van der Waals surface area contributed by atoms with E-state index < -0.39 is 5.82 Å². The van der Waals surface area contributed by atoms with Crippen molar-refractivity contribution in [1.29, 1.82) is 0 Å². The van der Waals surface area contributed by atoms with Crippen molar-refractivity contribution in [3.63, 3.8) is 0 Å². The van der Waals surface area contributed by atoms with Crippen molar-refractivity contribution in [1.82, 2.24) is 5.32 Å². The Morgan fingerprint density at radius 3 is 2.88 bits per heavy atom. The Bertz CT molecular complexity index is 505. The average molecular weight is 298 g/mol. The van der Waals surface area contributed by atoms with Gasteiger partial charge in [0.1, 0.15) is 11.6 Å². The van der Waals surface area contributed by atoms with Crippen LogP contribution in [-0.4, -0.2) is 5.91 Å². The molecule has 0 bridgehead atoms. The Morgan fingerprint density at radius 2 is 2.24 bits per heavy atom. The van der Waals surface area contributed by atoms with Crippen LogP contribution < -0.4 is 5.32 Å². The van der Waals surface area contributed by atoms with Gasteiger partial charge < -0.3 is 9.73 Å². The lowest BCUT2D eigenvalue weighted by Crippen LogP contribution is -2.22. The van der Waals surface area contributed by atoms with E-state index in [1.165, 1.54) is 18.4 Å². The molecule has 88 valence electrons. The van der Waals surface area contributed by atoms with Crippen molar-refractivity contribution in [2.45, 2.75) is 6.54 Å². The molecule has 0 atom stereocenters. The Morgan fingerprint density at radius 1 is 1.41 bits per heavy atom. The molecule has 0 aliphatic heterocycles. The maximum Gasteiger partial charge on any atom is 0.251 e. The standard InChI is InChI=1S/C12H9BrFNO2/c13-9-4-8(5-10(14)6-9)12(16)15-7-11-2-1-3-17-11/h1-6H,7H2,(H,15,16). The molecule has 2 rings (SSSR count). The number of hydrogen-bond acceptors (Lipinski definition) is 2. The zero-order valence-corrected chi connectivity index (χ0v) is 10.3. The number of furan rings is 1. The van der Waals surface area contributed by atoms with Crippen LogP contribution in [0.2, 0.25) is 0 Å². The molecule has 0 saturated heterocycles. The molecule has 1 heterocycles. The highest BCUT2D eigenvalue weighted by atomic mass is 79.9. The Labute approximate surface area is 106 Å². The second kappa shape index (κ2) is 5.14. The minimum absolute atomic E-state index is 0.267. The fraction of sp³-hybridized carbons (Fsp3) is 0.0833. The van der Waals surface area contributed by atoms with Crippen LogP contribution in [0.5, 0.6) is 0 Å². The van der Waals surface area contributed by atoms with Crippen LogP contribution >= 0.6 is 15.9 Å². The van der Waals surface area contributed by atoms with Crippen LogP contribution in [0.1, 0.15) is 16.1 Å². The lowest BCUT2D eigenvalue weighted by molar-refractivity contribution is 0.0947. The van der Waals surface area contributed by atoms with Crippen molar-refractivity contribution in [2.24, 2.45) is 0 Å². The molecule has 1 aromatic carbocycles. The molecule has 3 nitrogen and oxygen atoms in total. The van der Waals surface area contributed by atoms with Crippen LogP contribution in [-0.2, 0) is 6.54 Å². The molecular weight excluding hydrogens is 289 g/mol. The topological polar surface area (TPSA) is 42.2 Å². The molecule has 5 heteroatoms. The molecule has 0 aliphatic carbocycles. The first kappa shape index (κ1) is 11.9. The molecule has 0 unspecified atom stereocenters. The van der Waals surface area contributed by atoms with Crippen molar-refractivity contribution >= 4 is 21.8 Å². The van der Waals surface area contributed by atoms with Gasteiger partial charge in [-0.3, -0.25) is 4.79 Å². The van der Waals surface area contributed by atoms with Gasteiger partial charge in [-0.1, -0.05) is 15.9 Å². The molecule has 1 N–H and O–H groups in total. The Kier molecular flexibility index (Phi) is 3.58. The first-order chi connectivity index (χ1) is 8.15. The summed E-state index contributed by atoms with van der Waals surface area (Å²) in [5.74, 6) is -0.155. The van der Waals surface area contributed by atoms with Crippen molar-refractivity contribution in [3.05, 3.63) is 58.2 Å². The second-order valence-corrected chi connectivity index (χ2v) is 4.34. The van der Waals surface area contributed by atoms with E-state index in [-0.39, 0.29) is 18.0 Å². The summed E-state index contributed by atoms with van der Waals surface area (Å²) in [6, 6.07) is 7.52. The summed E-state index contributed by atoms with van der Waals surface area (Å²) in [6.45, 7) is 0.278. The maximum atomic E-state index is 13.1. The first-order valence-electron chi connectivity index (χ1n) is 4.92. The number of carbonyl (C=O) groups is 1. The summed E-state index contributed by atoms with van der Waals surface area (Å²) in [7, 11) is 0. The first-order valence-corrected chi connectivity index (χ1v) is 5.71. The Balaban J connectivity index is 2.04. The minimum Gasteiger partial charge on any atom is -0.467 e. The van der Waals surface area contributed by atoms with Gasteiger partial charge in [-0.25, -0.2) is 4.39 Å². The van der Waals surface area contributed by atoms with Gasteiger partial charge >= 0.3 is 0 Å². The minimum atomic E-state index is -0.456. The van der Waals surface area contributed by atoms with Crippen LogP contribution in [0.25, 0.3) is 0 Å². The van der Waals surface area contributed by atoms with E-state index in [1.807, 2.05) is 0 Å². The van der Waals surface area contributed by atoms with E-state index in [1.54, 1.807) is 18.2 Å². The number of amides is 1. The van der Waals surface area contributed by atoms with Gasteiger partial charge in [0.05, 0.1) is 12.8 Å².